The van der Waals surface area contributed by atoms with Crippen LogP contribution in [0, 0.1) is 13.8 Å². The third-order valence-corrected chi connectivity index (χ3v) is 5.16. The molecule has 0 atom stereocenters. The minimum Gasteiger partial charge on any atom is -0.493 e. The number of ether oxygens (including phenoxy) is 3. The van der Waals surface area contributed by atoms with Crippen LogP contribution in [0.3, 0.4) is 0 Å². The van der Waals surface area contributed by atoms with Gasteiger partial charge in [0.05, 0.1) is 56.1 Å². The van der Waals surface area contributed by atoms with E-state index in [2.05, 4.69) is 10.4 Å². The maximum Gasteiger partial charge on any atom is 0.416 e. The van der Waals surface area contributed by atoms with Crippen molar-refractivity contribution in [3.05, 3.63) is 64.5 Å². The molecule has 1 N–H and O–H groups in total. The van der Waals surface area contributed by atoms with Gasteiger partial charge in [-0.25, -0.2) is 0 Å². The summed E-state index contributed by atoms with van der Waals surface area (Å²) in [7, 11) is 4.33. The normalized spacial score (nSPS) is 11.3. The Balaban J connectivity index is 1.89. The highest BCUT2D eigenvalue weighted by Crippen LogP contribution is 2.40. The molecule has 2 aromatic carbocycles. The van der Waals surface area contributed by atoms with Crippen LogP contribution in [0.5, 0.6) is 17.2 Å². The standard InChI is InChI=1S/C23H24F3N3O4/c1-13-19(27-22(30)17-9-10-18(31-3)21(33-5)20(17)32-4)14(2)29(28-13)12-15-7-6-8-16(11-15)23(24,25)26/h6-11H,12H2,1-5H3,(H,27,30). The quantitative estimate of drug-likeness (QED) is 0.543. The second kappa shape index (κ2) is 9.43. The lowest BCUT2D eigenvalue weighted by molar-refractivity contribution is -0.137. The number of aromatic nitrogens is 2. The van der Waals surface area contributed by atoms with Gasteiger partial charge in [0.15, 0.2) is 11.5 Å². The molecule has 0 aliphatic carbocycles. The summed E-state index contributed by atoms with van der Waals surface area (Å²) in [6.45, 7) is 3.55. The summed E-state index contributed by atoms with van der Waals surface area (Å²) in [5.41, 5.74) is 1.51. The van der Waals surface area contributed by atoms with Crippen LogP contribution in [-0.4, -0.2) is 37.0 Å². The van der Waals surface area contributed by atoms with Gasteiger partial charge in [-0.05, 0) is 43.7 Å². The minimum absolute atomic E-state index is 0.117. The van der Waals surface area contributed by atoms with Gasteiger partial charge in [-0.3, -0.25) is 9.48 Å². The molecule has 0 radical (unpaired) electrons. The van der Waals surface area contributed by atoms with E-state index in [4.69, 9.17) is 14.2 Å². The van der Waals surface area contributed by atoms with Crippen molar-refractivity contribution in [1.82, 2.24) is 9.78 Å². The first-order valence-corrected chi connectivity index (χ1v) is 9.91. The van der Waals surface area contributed by atoms with Crippen LogP contribution < -0.4 is 19.5 Å². The number of methoxy groups -OCH3 is 3. The van der Waals surface area contributed by atoms with Gasteiger partial charge in [0.25, 0.3) is 5.91 Å². The summed E-state index contributed by atoms with van der Waals surface area (Å²) in [5, 5.41) is 7.21. The molecule has 0 saturated heterocycles. The van der Waals surface area contributed by atoms with Gasteiger partial charge >= 0.3 is 6.18 Å². The molecule has 0 saturated carbocycles. The predicted molar refractivity (Wildman–Crippen MR) is 116 cm³/mol. The Hall–Kier alpha value is -3.69. The van der Waals surface area contributed by atoms with Gasteiger partial charge in [0, 0.05) is 0 Å². The van der Waals surface area contributed by atoms with E-state index in [-0.39, 0.29) is 23.6 Å². The molecule has 0 aliphatic rings. The second-order valence-corrected chi connectivity index (χ2v) is 7.24. The van der Waals surface area contributed by atoms with Crippen LogP contribution in [0.15, 0.2) is 36.4 Å². The first kappa shape index (κ1) is 24.0. The summed E-state index contributed by atoms with van der Waals surface area (Å²) in [5.74, 6) is 0.437. The molecule has 1 heterocycles. The summed E-state index contributed by atoms with van der Waals surface area (Å²) in [6, 6.07) is 8.20. The zero-order chi connectivity index (χ0) is 24.3. The van der Waals surface area contributed by atoms with Crippen molar-refractivity contribution >= 4 is 11.6 Å². The molecule has 1 amide bonds. The van der Waals surface area contributed by atoms with Gasteiger partial charge in [-0.1, -0.05) is 12.1 Å². The lowest BCUT2D eigenvalue weighted by Gasteiger charge is -2.15. The highest BCUT2D eigenvalue weighted by atomic mass is 19.4. The number of nitrogens with zero attached hydrogens (tertiary/aromatic N) is 2. The molecule has 0 bridgehead atoms. The molecule has 10 heteroatoms. The summed E-state index contributed by atoms with van der Waals surface area (Å²) in [6.07, 6.45) is -4.43. The molecular formula is C23H24F3N3O4. The number of rotatable bonds is 7. The van der Waals surface area contributed by atoms with E-state index < -0.39 is 17.6 Å². The fourth-order valence-electron chi connectivity index (χ4n) is 3.51. The van der Waals surface area contributed by atoms with E-state index in [0.29, 0.717) is 28.4 Å². The van der Waals surface area contributed by atoms with Crippen molar-refractivity contribution in [2.75, 3.05) is 26.6 Å². The highest BCUT2D eigenvalue weighted by molar-refractivity contribution is 6.07. The van der Waals surface area contributed by atoms with Crippen molar-refractivity contribution in [2.24, 2.45) is 0 Å². The minimum atomic E-state index is -4.43. The number of halogens is 3. The van der Waals surface area contributed by atoms with Gasteiger partial charge in [-0.15, -0.1) is 0 Å². The Morgan fingerprint density at radius 3 is 2.33 bits per heavy atom. The fraction of sp³-hybridized carbons (Fsp3) is 0.304. The Bertz CT molecular complexity index is 1170. The number of aryl methyl sites for hydroxylation is 1. The molecule has 0 fully saturated rings. The fourth-order valence-corrected chi connectivity index (χ4v) is 3.51. The van der Waals surface area contributed by atoms with E-state index >= 15 is 0 Å². The van der Waals surface area contributed by atoms with E-state index in [1.165, 1.54) is 27.4 Å². The largest absolute Gasteiger partial charge is 0.493 e. The summed E-state index contributed by atoms with van der Waals surface area (Å²) >= 11 is 0. The molecule has 176 valence electrons. The molecule has 3 rings (SSSR count). The van der Waals surface area contributed by atoms with Crippen LogP contribution in [0.1, 0.15) is 32.9 Å². The topological polar surface area (TPSA) is 74.6 Å². The number of anilines is 1. The molecule has 0 unspecified atom stereocenters. The second-order valence-electron chi connectivity index (χ2n) is 7.24. The predicted octanol–water partition coefficient (Wildman–Crippen LogP) is 4.85. The van der Waals surface area contributed by atoms with Gasteiger partial charge in [-0.2, -0.15) is 18.3 Å². The van der Waals surface area contributed by atoms with Gasteiger partial charge < -0.3 is 19.5 Å². The zero-order valence-electron chi connectivity index (χ0n) is 18.8. The van der Waals surface area contributed by atoms with E-state index in [0.717, 1.165) is 12.1 Å². The number of hydrogen-bond donors (Lipinski definition) is 1. The summed E-state index contributed by atoms with van der Waals surface area (Å²) < 4.78 is 56.6. The van der Waals surface area contributed by atoms with Gasteiger partial charge in [0.2, 0.25) is 5.75 Å². The number of amides is 1. The van der Waals surface area contributed by atoms with Crippen molar-refractivity contribution in [1.29, 1.82) is 0 Å². The van der Waals surface area contributed by atoms with Crippen LogP contribution in [0.25, 0.3) is 0 Å². The maximum absolute atomic E-state index is 13.0. The monoisotopic (exact) mass is 463 g/mol. The van der Waals surface area contributed by atoms with Crippen LogP contribution >= 0.6 is 0 Å². The van der Waals surface area contributed by atoms with E-state index in [9.17, 15) is 18.0 Å². The van der Waals surface area contributed by atoms with Crippen LogP contribution in [-0.2, 0) is 12.7 Å². The van der Waals surface area contributed by atoms with Crippen molar-refractivity contribution in [3.63, 3.8) is 0 Å². The molecule has 3 aromatic rings. The van der Waals surface area contributed by atoms with Crippen LogP contribution in [0.4, 0.5) is 18.9 Å². The Labute approximate surface area is 189 Å². The van der Waals surface area contributed by atoms with E-state index in [1.807, 2.05) is 0 Å². The van der Waals surface area contributed by atoms with Crippen molar-refractivity contribution in [3.8, 4) is 17.2 Å². The molecule has 7 nitrogen and oxygen atoms in total. The molecule has 0 spiro atoms. The lowest BCUT2D eigenvalue weighted by atomic mass is 10.1. The molecule has 0 aliphatic heterocycles. The number of alkyl halides is 3. The first-order valence-electron chi connectivity index (χ1n) is 9.91. The highest BCUT2D eigenvalue weighted by Gasteiger charge is 2.30. The Morgan fingerprint density at radius 1 is 1.03 bits per heavy atom. The number of benzene rings is 2. The number of hydrogen-bond acceptors (Lipinski definition) is 5. The molecule has 33 heavy (non-hydrogen) atoms. The smallest absolute Gasteiger partial charge is 0.416 e. The third kappa shape index (κ3) is 4.89. The van der Waals surface area contributed by atoms with E-state index in [1.54, 1.807) is 36.7 Å². The Morgan fingerprint density at radius 2 is 1.73 bits per heavy atom. The zero-order valence-corrected chi connectivity index (χ0v) is 18.8. The van der Waals surface area contributed by atoms with Gasteiger partial charge in [0.1, 0.15) is 0 Å². The number of carbonyl (C=O) groups excluding carboxylic acids is 1. The molecule has 1 aromatic heterocycles. The number of carbonyl (C=O) groups is 1. The summed E-state index contributed by atoms with van der Waals surface area (Å²) in [4.78, 5) is 13.0. The maximum atomic E-state index is 13.0. The SMILES string of the molecule is COc1ccc(C(=O)Nc2c(C)nn(Cc3cccc(C(F)(F)F)c3)c2C)c(OC)c1OC. The first-order chi connectivity index (χ1) is 15.6. The third-order valence-electron chi connectivity index (χ3n) is 5.16. The lowest BCUT2D eigenvalue weighted by Crippen LogP contribution is -2.15. The Kier molecular flexibility index (Phi) is 6.85. The van der Waals surface area contributed by atoms with Crippen LogP contribution in [0.2, 0.25) is 0 Å². The molecular weight excluding hydrogens is 439 g/mol. The average molecular weight is 463 g/mol. The number of nitrogens with one attached hydrogen (secondary N) is 1. The van der Waals surface area contributed by atoms with Crippen molar-refractivity contribution in [2.45, 2.75) is 26.6 Å². The van der Waals surface area contributed by atoms with Crippen molar-refractivity contribution < 1.29 is 32.2 Å². The average Bonchev–Trinajstić information content (AvgIpc) is 3.04.